The molecule has 0 unspecified atom stereocenters. The lowest BCUT2D eigenvalue weighted by Crippen LogP contribution is -2.14. The maximum absolute atomic E-state index is 12.4. The number of aryl methyl sites for hydroxylation is 1. The van der Waals surface area contributed by atoms with Crippen LogP contribution < -0.4 is 0 Å². The van der Waals surface area contributed by atoms with Crippen LogP contribution in [0.4, 0.5) is 0 Å². The number of hydrogen-bond donors (Lipinski definition) is 2. The van der Waals surface area contributed by atoms with E-state index in [0.29, 0.717) is 11.6 Å². The van der Waals surface area contributed by atoms with Gasteiger partial charge in [-0.25, -0.2) is 14.8 Å². The molecule has 1 aromatic carbocycles. The number of hydrogen-bond acceptors (Lipinski definition) is 4. The number of benzene rings is 1. The molecule has 0 saturated heterocycles. The quantitative estimate of drug-likeness (QED) is 0.529. The van der Waals surface area contributed by atoms with Crippen molar-refractivity contribution in [3.05, 3.63) is 35.4 Å². The van der Waals surface area contributed by atoms with Gasteiger partial charge in [0.1, 0.15) is 5.82 Å². The molecule has 134 valence electrons. The van der Waals surface area contributed by atoms with Gasteiger partial charge in [-0.05, 0) is 38.5 Å². The van der Waals surface area contributed by atoms with Crippen molar-refractivity contribution in [1.82, 2.24) is 19.9 Å². The number of ether oxygens (including phenoxy) is 1. The number of nitrogens with zero attached hydrogens (tertiary/aromatic N) is 2. The molecule has 0 radical (unpaired) electrons. The first-order valence-corrected chi connectivity index (χ1v) is 8.87. The lowest BCUT2D eigenvalue weighted by molar-refractivity contribution is 0.0370. The van der Waals surface area contributed by atoms with Gasteiger partial charge in [0.15, 0.2) is 5.69 Å². The lowest BCUT2D eigenvalue weighted by atomic mass is 10.1. The van der Waals surface area contributed by atoms with Crippen LogP contribution in [-0.2, 0) is 4.74 Å². The third kappa shape index (κ3) is 2.44. The number of fused-ring (bicyclic) bond motifs is 5. The molecule has 6 heteroatoms. The number of pyridine rings is 1. The number of carbonyl (C=O) groups is 1. The summed E-state index contributed by atoms with van der Waals surface area (Å²) < 4.78 is 5.35. The predicted octanol–water partition coefficient (Wildman–Crippen LogP) is 4.59. The van der Waals surface area contributed by atoms with Crippen LogP contribution in [-0.4, -0.2) is 32.0 Å². The second-order valence-electron chi connectivity index (χ2n) is 7.26. The summed E-state index contributed by atoms with van der Waals surface area (Å²) in [7, 11) is 0. The van der Waals surface area contributed by atoms with Crippen LogP contribution in [0.2, 0.25) is 0 Å². The van der Waals surface area contributed by atoms with Crippen molar-refractivity contribution in [3.63, 3.8) is 0 Å². The van der Waals surface area contributed by atoms with Crippen LogP contribution in [0.1, 0.15) is 55.5 Å². The molecule has 0 fully saturated rings. The van der Waals surface area contributed by atoms with E-state index in [1.165, 1.54) is 0 Å². The molecule has 0 amide bonds. The van der Waals surface area contributed by atoms with Gasteiger partial charge >= 0.3 is 5.97 Å². The summed E-state index contributed by atoms with van der Waals surface area (Å²) in [6.07, 6.45) is 1.51. The fourth-order valence-electron chi connectivity index (χ4n) is 3.38. The first-order valence-electron chi connectivity index (χ1n) is 8.87. The highest BCUT2D eigenvalue weighted by atomic mass is 16.5. The summed E-state index contributed by atoms with van der Waals surface area (Å²) in [6.45, 7) is 9.80. The molecular formula is C20H22N4O2. The maximum Gasteiger partial charge on any atom is 0.357 e. The summed E-state index contributed by atoms with van der Waals surface area (Å²) in [4.78, 5) is 28.3. The summed E-state index contributed by atoms with van der Waals surface area (Å²) in [5, 5.41) is 2.02. The Labute approximate surface area is 151 Å². The molecule has 0 saturated carbocycles. The lowest BCUT2D eigenvalue weighted by Gasteiger charge is -2.09. The van der Waals surface area contributed by atoms with E-state index in [2.05, 4.69) is 28.8 Å². The van der Waals surface area contributed by atoms with Crippen LogP contribution in [0, 0.1) is 6.92 Å². The summed E-state index contributed by atoms with van der Waals surface area (Å²) in [5.41, 5.74) is 4.96. The Morgan fingerprint density at radius 2 is 1.85 bits per heavy atom. The zero-order valence-electron chi connectivity index (χ0n) is 15.6. The SMILES string of the molecule is Cc1c(C(=O)OC(C)C)ncc2[nH]c3ccc4nc(C(C)C)[nH]c4c3c12. The van der Waals surface area contributed by atoms with Crippen LogP contribution in [0.15, 0.2) is 18.3 Å². The van der Waals surface area contributed by atoms with E-state index in [9.17, 15) is 4.79 Å². The van der Waals surface area contributed by atoms with Crippen LogP contribution in [0.3, 0.4) is 0 Å². The van der Waals surface area contributed by atoms with Crippen molar-refractivity contribution >= 4 is 38.8 Å². The van der Waals surface area contributed by atoms with Gasteiger partial charge in [-0.2, -0.15) is 0 Å². The Morgan fingerprint density at radius 1 is 1.08 bits per heavy atom. The molecule has 3 aromatic heterocycles. The minimum Gasteiger partial charge on any atom is -0.458 e. The second-order valence-corrected chi connectivity index (χ2v) is 7.26. The first-order chi connectivity index (χ1) is 12.4. The van der Waals surface area contributed by atoms with E-state index in [1.807, 2.05) is 32.9 Å². The summed E-state index contributed by atoms with van der Waals surface area (Å²) in [5.74, 6) is 0.864. The number of imidazole rings is 1. The molecule has 26 heavy (non-hydrogen) atoms. The van der Waals surface area contributed by atoms with Crippen molar-refractivity contribution in [3.8, 4) is 0 Å². The average Bonchev–Trinajstić information content (AvgIpc) is 3.15. The second kappa shape index (κ2) is 5.83. The molecule has 0 bridgehead atoms. The van der Waals surface area contributed by atoms with Crippen molar-refractivity contribution in [1.29, 1.82) is 0 Å². The molecule has 2 N–H and O–H groups in total. The standard InChI is InChI=1S/C20H22N4O2/c1-9(2)19-23-13-7-6-12-16(18(13)24-19)15-11(5)17(20(25)26-10(3)4)21-8-14(15)22-12/h6-10,22H,1-5H3,(H,23,24). The predicted molar refractivity (Wildman–Crippen MR) is 103 cm³/mol. The normalized spacial score (nSPS) is 12.1. The molecule has 0 aliphatic heterocycles. The monoisotopic (exact) mass is 350 g/mol. The van der Waals surface area contributed by atoms with Crippen molar-refractivity contribution < 1.29 is 9.53 Å². The van der Waals surface area contributed by atoms with Crippen LogP contribution in [0.5, 0.6) is 0 Å². The van der Waals surface area contributed by atoms with Gasteiger partial charge < -0.3 is 14.7 Å². The number of nitrogens with one attached hydrogen (secondary N) is 2. The molecule has 4 aromatic rings. The van der Waals surface area contributed by atoms with Gasteiger partial charge in [0.2, 0.25) is 0 Å². The molecule has 4 rings (SSSR count). The van der Waals surface area contributed by atoms with E-state index in [4.69, 9.17) is 9.72 Å². The number of rotatable bonds is 3. The summed E-state index contributed by atoms with van der Waals surface area (Å²) >= 11 is 0. The zero-order chi connectivity index (χ0) is 18.6. The third-order valence-electron chi connectivity index (χ3n) is 4.60. The highest BCUT2D eigenvalue weighted by Crippen LogP contribution is 2.34. The number of esters is 1. The highest BCUT2D eigenvalue weighted by molar-refractivity contribution is 6.20. The van der Waals surface area contributed by atoms with Crippen LogP contribution in [0.25, 0.3) is 32.8 Å². The molecule has 0 aliphatic rings. The van der Waals surface area contributed by atoms with Gasteiger partial charge in [-0.3, -0.25) is 0 Å². The van der Waals surface area contributed by atoms with E-state index in [-0.39, 0.29) is 6.10 Å². The first kappa shape index (κ1) is 16.6. The van der Waals surface area contributed by atoms with E-state index in [0.717, 1.165) is 44.2 Å². The largest absolute Gasteiger partial charge is 0.458 e. The number of carbonyl (C=O) groups excluding carboxylic acids is 1. The Bertz CT molecular complexity index is 1150. The number of aromatic amines is 2. The average molecular weight is 350 g/mol. The fraction of sp³-hybridized carbons (Fsp3) is 0.350. The van der Waals surface area contributed by atoms with Crippen molar-refractivity contribution in [2.75, 3.05) is 0 Å². The van der Waals surface area contributed by atoms with E-state index in [1.54, 1.807) is 6.20 Å². The number of H-pyrrole nitrogens is 2. The van der Waals surface area contributed by atoms with Crippen molar-refractivity contribution in [2.24, 2.45) is 0 Å². The smallest absolute Gasteiger partial charge is 0.357 e. The minimum atomic E-state index is -0.395. The van der Waals surface area contributed by atoms with Gasteiger partial charge in [0, 0.05) is 22.2 Å². The fourth-order valence-corrected chi connectivity index (χ4v) is 3.38. The molecule has 0 spiro atoms. The Kier molecular flexibility index (Phi) is 3.72. The highest BCUT2D eigenvalue weighted by Gasteiger charge is 2.20. The van der Waals surface area contributed by atoms with Gasteiger partial charge in [0.05, 0.1) is 28.9 Å². The van der Waals surface area contributed by atoms with Crippen LogP contribution >= 0.6 is 0 Å². The van der Waals surface area contributed by atoms with Gasteiger partial charge in [0.25, 0.3) is 0 Å². The van der Waals surface area contributed by atoms with Gasteiger partial charge in [-0.15, -0.1) is 0 Å². The third-order valence-corrected chi connectivity index (χ3v) is 4.60. The Balaban J connectivity index is 2.04. The Morgan fingerprint density at radius 3 is 2.54 bits per heavy atom. The summed E-state index contributed by atoms with van der Waals surface area (Å²) in [6, 6.07) is 4.03. The van der Waals surface area contributed by atoms with E-state index >= 15 is 0 Å². The maximum atomic E-state index is 12.4. The van der Waals surface area contributed by atoms with E-state index < -0.39 is 5.97 Å². The minimum absolute atomic E-state index is 0.185. The Hall–Kier alpha value is -2.89. The zero-order valence-corrected chi connectivity index (χ0v) is 15.6. The molecule has 6 nitrogen and oxygen atoms in total. The molecular weight excluding hydrogens is 328 g/mol. The molecule has 0 aliphatic carbocycles. The molecule has 0 atom stereocenters. The number of aromatic nitrogens is 4. The topological polar surface area (TPSA) is 83.7 Å². The van der Waals surface area contributed by atoms with Crippen molar-refractivity contribution in [2.45, 2.75) is 46.6 Å². The molecule has 3 heterocycles. The van der Waals surface area contributed by atoms with Gasteiger partial charge in [-0.1, -0.05) is 13.8 Å².